The average molecular weight is 270 g/mol. The molecule has 1 aliphatic carbocycles. The summed E-state index contributed by atoms with van der Waals surface area (Å²) < 4.78 is 2.24. The first-order valence-corrected chi connectivity index (χ1v) is 8.04. The normalized spacial score (nSPS) is 23.3. The second-order valence-electron chi connectivity index (χ2n) is 6.29. The Kier molecular flexibility index (Phi) is 4.11. The van der Waals surface area contributed by atoms with Crippen molar-refractivity contribution in [3.05, 3.63) is 36.0 Å². The lowest BCUT2D eigenvalue weighted by Gasteiger charge is -2.28. The van der Waals surface area contributed by atoms with E-state index in [1.165, 1.54) is 48.6 Å². The number of aryl methyl sites for hydroxylation is 1. The number of rotatable bonds is 4. The fraction of sp³-hybridized carbons (Fsp3) is 0.556. The Morgan fingerprint density at radius 1 is 1.15 bits per heavy atom. The molecule has 108 valence electrons. The van der Waals surface area contributed by atoms with E-state index in [0.717, 1.165) is 18.5 Å². The van der Waals surface area contributed by atoms with Crippen LogP contribution in [-0.2, 0) is 13.6 Å². The summed E-state index contributed by atoms with van der Waals surface area (Å²) in [5.41, 5.74) is 2.76. The highest BCUT2D eigenvalue weighted by molar-refractivity contribution is 5.83. The van der Waals surface area contributed by atoms with Crippen LogP contribution >= 0.6 is 0 Å². The summed E-state index contributed by atoms with van der Waals surface area (Å²) in [4.78, 5) is 0. The quantitative estimate of drug-likeness (QED) is 0.879. The van der Waals surface area contributed by atoms with Gasteiger partial charge in [-0.2, -0.15) is 0 Å². The molecule has 0 atom stereocenters. The molecular weight excluding hydrogens is 244 g/mol. The van der Waals surface area contributed by atoms with Crippen LogP contribution in [0.5, 0.6) is 0 Å². The predicted octanol–water partition coefficient (Wildman–Crippen LogP) is 4.24. The number of aromatic nitrogens is 1. The highest BCUT2D eigenvalue weighted by Gasteiger charge is 2.19. The number of nitrogens with zero attached hydrogens (tertiary/aromatic N) is 1. The molecule has 1 heterocycles. The topological polar surface area (TPSA) is 17.0 Å². The molecular formula is C18H26N2. The first-order chi connectivity index (χ1) is 9.78. The van der Waals surface area contributed by atoms with E-state index < -0.39 is 0 Å². The average Bonchev–Trinajstić information content (AvgIpc) is 2.83. The summed E-state index contributed by atoms with van der Waals surface area (Å²) in [5.74, 6) is 0.977. The summed E-state index contributed by atoms with van der Waals surface area (Å²) in [6.45, 7) is 3.33. The number of hydrogen-bond acceptors (Lipinski definition) is 1. The van der Waals surface area contributed by atoms with Gasteiger partial charge in [-0.1, -0.05) is 31.5 Å². The third-order valence-electron chi connectivity index (χ3n) is 4.98. The van der Waals surface area contributed by atoms with Crippen LogP contribution < -0.4 is 5.32 Å². The molecule has 1 aromatic heterocycles. The van der Waals surface area contributed by atoms with E-state index in [1.807, 2.05) is 0 Å². The van der Waals surface area contributed by atoms with E-state index in [-0.39, 0.29) is 0 Å². The highest BCUT2D eigenvalue weighted by atomic mass is 14.9. The van der Waals surface area contributed by atoms with E-state index in [1.54, 1.807) is 0 Å². The van der Waals surface area contributed by atoms with Crippen LogP contribution in [0, 0.1) is 5.92 Å². The molecule has 2 nitrogen and oxygen atoms in total. The zero-order valence-corrected chi connectivity index (χ0v) is 12.7. The van der Waals surface area contributed by atoms with Gasteiger partial charge in [0, 0.05) is 36.7 Å². The Labute approximate surface area is 122 Å². The molecule has 1 fully saturated rings. The van der Waals surface area contributed by atoms with Crippen molar-refractivity contribution in [2.24, 2.45) is 13.0 Å². The van der Waals surface area contributed by atoms with Crippen molar-refractivity contribution in [3.63, 3.8) is 0 Å². The van der Waals surface area contributed by atoms with Gasteiger partial charge in [0.1, 0.15) is 0 Å². The number of benzene rings is 1. The van der Waals surface area contributed by atoms with Gasteiger partial charge in [0.25, 0.3) is 0 Å². The van der Waals surface area contributed by atoms with Crippen molar-refractivity contribution >= 4 is 10.9 Å². The first-order valence-electron chi connectivity index (χ1n) is 8.04. The molecule has 0 bridgehead atoms. The van der Waals surface area contributed by atoms with Crippen LogP contribution in [0.1, 0.15) is 44.6 Å². The van der Waals surface area contributed by atoms with Gasteiger partial charge in [-0.3, -0.25) is 0 Å². The monoisotopic (exact) mass is 270 g/mol. The first kappa shape index (κ1) is 13.7. The molecule has 1 aromatic carbocycles. The van der Waals surface area contributed by atoms with Crippen LogP contribution in [0.2, 0.25) is 0 Å². The number of nitrogens with one attached hydrogen (secondary N) is 1. The van der Waals surface area contributed by atoms with Gasteiger partial charge < -0.3 is 9.88 Å². The van der Waals surface area contributed by atoms with Crippen molar-refractivity contribution in [3.8, 4) is 0 Å². The van der Waals surface area contributed by atoms with Crippen LogP contribution in [0.15, 0.2) is 30.5 Å². The smallest absolute Gasteiger partial charge is 0.0481 e. The van der Waals surface area contributed by atoms with Crippen molar-refractivity contribution in [1.82, 2.24) is 9.88 Å². The number of hydrogen-bond donors (Lipinski definition) is 1. The van der Waals surface area contributed by atoms with Crippen molar-refractivity contribution in [2.45, 2.75) is 51.6 Å². The lowest BCUT2D eigenvalue weighted by Crippen LogP contribution is -2.32. The minimum absolute atomic E-state index is 0.719. The Morgan fingerprint density at radius 3 is 2.65 bits per heavy atom. The van der Waals surface area contributed by atoms with Gasteiger partial charge >= 0.3 is 0 Å². The van der Waals surface area contributed by atoms with Crippen molar-refractivity contribution < 1.29 is 0 Å². The molecule has 1 N–H and O–H groups in total. The molecule has 0 aliphatic heterocycles. The fourth-order valence-electron chi connectivity index (χ4n) is 3.60. The Bertz CT molecular complexity index is 562. The Balaban J connectivity index is 1.63. The van der Waals surface area contributed by atoms with Gasteiger partial charge in [-0.05, 0) is 43.2 Å². The summed E-state index contributed by atoms with van der Waals surface area (Å²) in [5, 5.41) is 5.17. The molecule has 1 aliphatic rings. The summed E-state index contributed by atoms with van der Waals surface area (Å²) >= 11 is 0. The van der Waals surface area contributed by atoms with Gasteiger partial charge in [0.05, 0.1) is 0 Å². The third-order valence-corrected chi connectivity index (χ3v) is 4.98. The molecule has 3 rings (SSSR count). The highest BCUT2D eigenvalue weighted by Crippen LogP contribution is 2.27. The molecule has 20 heavy (non-hydrogen) atoms. The van der Waals surface area contributed by atoms with E-state index in [9.17, 15) is 0 Å². The molecule has 2 aromatic rings. The van der Waals surface area contributed by atoms with Crippen LogP contribution in [0.4, 0.5) is 0 Å². The fourth-order valence-corrected chi connectivity index (χ4v) is 3.60. The maximum absolute atomic E-state index is 3.77. The minimum atomic E-state index is 0.719. The molecule has 0 radical (unpaired) electrons. The maximum atomic E-state index is 3.77. The lowest BCUT2D eigenvalue weighted by molar-refractivity contribution is 0.285. The zero-order chi connectivity index (χ0) is 13.9. The number of fused-ring (bicyclic) bond motifs is 1. The predicted molar refractivity (Wildman–Crippen MR) is 85.8 cm³/mol. The third kappa shape index (κ3) is 2.76. The molecule has 0 amide bonds. The van der Waals surface area contributed by atoms with Crippen LogP contribution in [0.25, 0.3) is 10.9 Å². The molecule has 0 saturated heterocycles. The van der Waals surface area contributed by atoms with E-state index in [4.69, 9.17) is 0 Å². The SMILES string of the molecule is CCC1CCC(NCc2cn(C)c3ccccc23)CC1. The summed E-state index contributed by atoms with van der Waals surface area (Å²) in [7, 11) is 2.14. The minimum Gasteiger partial charge on any atom is -0.350 e. The molecule has 2 heteroatoms. The maximum Gasteiger partial charge on any atom is 0.0481 e. The van der Waals surface area contributed by atoms with Gasteiger partial charge in [-0.15, -0.1) is 0 Å². The second-order valence-corrected chi connectivity index (χ2v) is 6.29. The largest absolute Gasteiger partial charge is 0.350 e. The lowest BCUT2D eigenvalue weighted by atomic mass is 9.84. The van der Waals surface area contributed by atoms with E-state index in [0.29, 0.717) is 0 Å². The second kappa shape index (κ2) is 6.01. The standard InChI is InChI=1S/C18H26N2/c1-3-14-8-10-16(11-9-14)19-12-15-13-20(2)18-7-5-4-6-17(15)18/h4-7,13-14,16,19H,3,8-12H2,1-2H3. The van der Waals surface area contributed by atoms with Gasteiger partial charge in [0.15, 0.2) is 0 Å². The summed E-state index contributed by atoms with van der Waals surface area (Å²) in [6, 6.07) is 9.41. The number of para-hydroxylation sites is 1. The van der Waals surface area contributed by atoms with Gasteiger partial charge in [-0.25, -0.2) is 0 Å². The molecule has 0 spiro atoms. The molecule has 0 unspecified atom stereocenters. The van der Waals surface area contributed by atoms with Gasteiger partial charge in [0.2, 0.25) is 0 Å². The van der Waals surface area contributed by atoms with E-state index >= 15 is 0 Å². The molecule has 1 saturated carbocycles. The Hall–Kier alpha value is -1.28. The zero-order valence-electron chi connectivity index (χ0n) is 12.7. The van der Waals surface area contributed by atoms with E-state index in [2.05, 4.69) is 54.3 Å². The van der Waals surface area contributed by atoms with Crippen molar-refractivity contribution in [1.29, 1.82) is 0 Å². The van der Waals surface area contributed by atoms with Crippen LogP contribution in [0.3, 0.4) is 0 Å². The summed E-state index contributed by atoms with van der Waals surface area (Å²) in [6.07, 6.45) is 9.14. The van der Waals surface area contributed by atoms with Crippen LogP contribution in [-0.4, -0.2) is 10.6 Å². The van der Waals surface area contributed by atoms with Crippen molar-refractivity contribution in [2.75, 3.05) is 0 Å². The Morgan fingerprint density at radius 2 is 1.90 bits per heavy atom.